The van der Waals surface area contributed by atoms with Crippen molar-refractivity contribution >= 4 is 0 Å². The van der Waals surface area contributed by atoms with Crippen molar-refractivity contribution in [2.45, 2.75) is 12.8 Å². The highest BCUT2D eigenvalue weighted by atomic mass is 16.5. The van der Waals surface area contributed by atoms with Crippen LogP contribution < -0.4 is 4.74 Å². The van der Waals surface area contributed by atoms with Crippen molar-refractivity contribution in [1.29, 1.82) is 0 Å². The van der Waals surface area contributed by atoms with E-state index in [-0.39, 0.29) is 0 Å². The third-order valence-corrected chi connectivity index (χ3v) is 3.67. The Bertz CT molecular complexity index is 730. The summed E-state index contributed by atoms with van der Waals surface area (Å²) in [5.74, 6) is 1.83. The fourth-order valence-corrected chi connectivity index (χ4v) is 2.47. The van der Waals surface area contributed by atoms with Crippen LogP contribution in [0.4, 0.5) is 0 Å². The third-order valence-electron chi connectivity index (χ3n) is 3.67. The predicted molar refractivity (Wildman–Crippen MR) is 88.1 cm³/mol. The van der Waals surface area contributed by atoms with E-state index in [1.807, 2.05) is 30.3 Å². The molecule has 1 N–H and O–H groups in total. The molecular weight excluding hydrogens is 272 g/mol. The molecule has 0 unspecified atom stereocenters. The van der Waals surface area contributed by atoms with Gasteiger partial charge in [0.05, 0.1) is 12.8 Å². The first kappa shape index (κ1) is 14.4. The highest BCUT2D eigenvalue weighted by Crippen LogP contribution is 2.17. The van der Waals surface area contributed by atoms with Crippen LogP contribution in [0, 0.1) is 6.92 Å². The molecule has 3 nitrogen and oxygen atoms in total. The third kappa shape index (κ3) is 3.37. The van der Waals surface area contributed by atoms with Crippen LogP contribution in [0.3, 0.4) is 0 Å². The van der Waals surface area contributed by atoms with E-state index in [0.29, 0.717) is 0 Å². The number of benzene rings is 2. The molecule has 2 aromatic carbocycles. The maximum Gasteiger partial charge on any atom is 0.118 e. The second-order valence-electron chi connectivity index (χ2n) is 5.30. The summed E-state index contributed by atoms with van der Waals surface area (Å²) < 4.78 is 5.18. The van der Waals surface area contributed by atoms with Crippen LogP contribution in [0.1, 0.15) is 28.3 Å². The van der Waals surface area contributed by atoms with Crippen LogP contribution in [0.5, 0.6) is 5.75 Å². The zero-order valence-corrected chi connectivity index (χ0v) is 12.7. The maximum absolute atomic E-state index is 5.18. The Morgan fingerprint density at radius 2 is 1.64 bits per heavy atom. The van der Waals surface area contributed by atoms with Crippen LogP contribution in [0.25, 0.3) is 0 Å². The van der Waals surface area contributed by atoms with Crippen molar-refractivity contribution in [3.8, 4) is 5.75 Å². The van der Waals surface area contributed by atoms with Crippen molar-refractivity contribution in [2.75, 3.05) is 7.11 Å². The smallest absolute Gasteiger partial charge is 0.118 e. The SMILES string of the molecule is [CH2]c1nc(Cc2ccccc2)[nH]c1Cc1ccc(OC)cc1. The standard InChI is InChI=1S/C19H19N2O/c1-14-18(12-16-8-10-17(22-2)11-9-16)21-19(20-14)13-15-6-4-3-5-7-15/h3-11H,1,12-13H2,2H3,(H,20,21). The van der Waals surface area contributed by atoms with Crippen LogP contribution >= 0.6 is 0 Å². The Morgan fingerprint density at radius 1 is 0.955 bits per heavy atom. The molecular formula is C19H19N2O. The van der Waals surface area contributed by atoms with Gasteiger partial charge in [0.2, 0.25) is 0 Å². The number of imidazole rings is 1. The van der Waals surface area contributed by atoms with E-state index in [9.17, 15) is 0 Å². The lowest BCUT2D eigenvalue weighted by molar-refractivity contribution is 0.414. The number of aromatic amines is 1. The van der Waals surface area contributed by atoms with Crippen molar-refractivity contribution in [1.82, 2.24) is 9.97 Å². The Balaban J connectivity index is 1.74. The number of hydrogen-bond acceptors (Lipinski definition) is 2. The number of methoxy groups -OCH3 is 1. The van der Waals surface area contributed by atoms with Crippen molar-refractivity contribution in [3.05, 3.63) is 89.9 Å². The highest BCUT2D eigenvalue weighted by molar-refractivity contribution is 5.32. The molecule has 1 heterocycles. The quantitative estimate of drug-likeness (QED) is 0.777. The first-order valence-electron chi connectivity index (χ1n) is 7.31. The molecule has 22 heavy (non-hydrogen) atoms. The van der Waals surface area contributed by atoms with Gasteiger partial charge in [-0.15, -0.1) is 0 Å². The van der Waals surface area contributed by atoms with Crippen molar-refractivity contribution < 1.29 is 4.74 Å². The Labute approximate surface area is 131 Å². The van der Waals surface area contributed by atoms with Gasteiger partial charge in [0.1, 0.15) is 11.6 Å². The molecule has 3 aromatic rings. The van der Waals surface area contributed by atoms with E-state index in [2.05, 4.69) is 41.2 Å². The van der Waals surface area contributed by atoms with Gasteiger partial charge in [0.15, 0.2) is 0 Å². The number of hydrogen-bond donors (Lipinski definition) is 1. The second-order valence-corrected chi connectivity index (χ2v) is 5.30. The normalized spacial score (nSPS) is 10.6. The van der Waals surface area contributed by atoms with Crippen molar-refractivity contribution in [3.63, 3.8) is 0 Å². The molecule has 0 aliphatic carbocycles. The summed E-state index contributed by atoms with van der Waals surface area (Å²) in [4.78, 5) is 7.95. The van der Waals surface area contributed by atoms with E-state index in [1.165, 1.54) is 11.1 Å². The predicted octanol–water partition coefficient (Wildman–Crippen LogP) is 3.78. The largest absolute Gasteiger partial charge is 0.497 e. The zero-order valence-electron chi connectivity index (χ0n) is 12.7. The maximum atomic E-state index is 5.18. The summed E-state index contributed by atoms with van der Waals surface area (Å²) in [7, 11) is 1.67. The molecule has 0 atom stereocenters. The summed E-state index contributed by atoms with van der Waals surface area (Å²) in [5, 5.41) is 0. The van der Waals surface area contributed by atoms with E-state index in [4.69, 9.17) is 4.74 Å². The van der Waals surface area contributed by atoms with E-state index in [0.717, 1.165) is 35.8 Å². The lowest BCUT2D eigenvalue weighted by Crippen LogP contribution is -1.93. The van der Waals surface area contributed by atoms with Gasteiger partial charge in [-0.1, -0.05) is 42.5 Å². The van der Waals surface area contributed by atoms with Crippen molar-refractivity contribution in [2.24, 2.45) is 0 Å². The average molecular weight is 291 g/mol. The van der Waals surface area contributed by atoms with Gasteiger partial charge >= 0.3 is 0 Å². The molecule has 1 radical (unpaired) electrons. The molecule has 0 saturated carbocycles. The number of H-pyrrole nitrogens is 1. The fraction of sp³-hybridized carbons (Fsp3) is 0.158. The molecule has 0 aliphatic rings. The highest BCUT2D eigenvalue weighted by Gasteiger charge is 2.08. The topological polar surface area (TPSA) is 37.9 Å². The average Bonchev–Trinajstić information content (AvgIpc) is 2.88. The molecule has 3 rings (SSSR count). The number of aromatic nitrogens is 2. The number of rotatable bonds is 5. The molecule has 0 spiro atoms. The van der Waals surface area contributed by atoms with Crippen LogP contribution in [-0.2, 0) is 12.8 Å². The Morgan fingerprint density at radius 3 is 2.32 bits per heavy atom. The molecule has 1 aromatic heterocycles. The van der Waals surface area contributed by atoms with E-state index >= 15 is 0 Å². The van der Waals surface area contributed by atoms with Gasteiger partial charge in [0.25, 0.3) is 0 Å². The van der Waals surface area contributed by atoms with Gasteiger partial charge in [-0.25, -0.2) is 4.98 Å². The summed E-state index contributed by atoms with van der Waals surface area (Å²) >= 11 is 0. The van der Waals surface area contributed by atoms with E-state index in [1.54, 1.807) is 7.11 Å². The molecule has 0 amide bonds. The van der Waals surface area contributed by atoms with Gasteiger partial charge in [0, 0.05) is 18.5 Å². The van der Waals surface area contributed by atoms with Crippen LogP contribution in [0.15, 0.2) is 54.6 Å². The fourth-order valence-electron chi connectivity index (χ4n) is 2.47. The monoisotopic (exact) mass is 291 g/mol. The minimum Gasteiger partial charge on any atom is -0.497 e. The molecule has 111 valence electrons. The lowest BCUT2D eigenvalue weighted by Gasteiger charge is -2.03. The second kappa shape index (κ2) is 6.48. The zero-order chi connectivity index (χ0) is 15.4. The summed E-state index contributed by atoms with van der Waals surface area (Å²) in [5.41, 5.74) is 4.34. The van der Waals surface area contributed by atoms with Gasteiger partial charge in [-0.2, -0.15) is 0 Å². The molecule has 0 fully saturated rings. The lowest BCUT2D eigenvalue weighted by atomic mass is 10.1. The summed E-state index contributed by atoms with van der Waals surface area (Å²) in [6.45, 7) is 4.05. The molecule has 0 bridgehead atoms. The Kier molecular flexibility index (Phi) is 4.24. The number of nitrogens with one attached hydrogen (secondary N) is 1. The summed E-state index contributed by atoms with van der Waals surface area (Å²) in [6, 6.07) is 18.4. The summed E-state index contributed by atoms with van der Waals surface area (Å²) in [6.07, 6.45) is 1.59. The van der Waals surface area contributed by atoms with Gasteiger partial charge < -0.3 is 9.72 Å². The van der Waals surface area contributed by atoms with Crippen LogP contribution in [0.2, 0.25) is 0 Å². The van der Waals surface area contributed by atoms with Gasteiger partial charge in [-0.3, -0.25) is 0 Å². The number of ether oxygens (including phenoxy) is 1. The van der Waals surface area contributed by atoms with Crippen LogP contribution in [-0.4, -0.2) is 17.1 Å². The Hall–Kier alpha value is -2.55. The first-order chi connectivity index (χ1) is 10.7. The molecule has 0 saturated heterocycles. The van der Waals surface area contributed by atoms with Gasteiger partial charge in [-0.05, 0) is 30.2 Å². The minimum atomic E-state index is 0.796. The molecule has 3 heteroatoms. The molecule has 0 aliphatic heterocycles. The minimum absolute atomic E-state index is 0.796. The first-order valence-corrected chi connectivity index (χ1v) is 7.31. The van der Waals surface area contributed by atoms with E-state index < -0.39 is 0 Å². The number of nitrogens with zero attached hydrogens (tertiary/aromatic N) is 1.